The van der Waals surface area contributed by atoms with Gasteiger partial charge in [-0.05, 0) is 6.07 Å². The van der Waals surface area contributed by atoms with Crippen LogP contribution in [0.4, 0.5) is 5.82 Å². The van der Waals surface area contributed by atoms with Gasteiger partial charge < -0.3 is 97.2 Å². The monoisotopic (exact) mass is 833 g/mol. The van der Waals surface area contributed by atoms with Crippen molar-refractivity contribution in [2.45, 2.75) is 24.5 Å². The van der Waals surface area contributed by atoms with Crippen LogP contribution in [0, 0.1) is 0 Å². The summed E-state index contributed by atoms with van der Waals surface area (Å²) >= 11 is 0. The van der Waals surface area contributed by atoms with Gasteiger partial charge in [-0.15, -0.1) is 0 Å². The third kappa shape index (κ3) is 40.1. The minimum absolute atomic E-state index is 0.0537. The van der Waals surface area contributed by atoms with Gasteiger partial charge in [0.2, 0.25) is 0 Å². The Kier molecular flexibility index (Phi) is 29.8. The molecule has 1 aromatic heterocycles. The number of ether oxygens (including phenoxy) is 1. The van der Waals surface area contributed by atoms with Crippen molar-refractivity contribution in [1.29, 1.82) is 0 Å². The van der Waals surface area contributed by atoms with E-state index in [9.17, 15) is 43.7 Å². The number of quaternary nitrogens is 4. The van der Waals surface area contributed by atoms with Crippen molar-refractivity contribution < 1.29 is 91.4 Å². The fourth-order valence-electron chi connectivity index (χ4n) is 3.05. The molecule has 54 heavy (non-hydrogen) atoms. The molecule has 1 aliphatic heterocycles. The molecule has 0 radical (unpaired) electrons. The summed E-state index contributed by atoms with van der Waals surface area (Å²) in [6.45, 7) is 4.01. The van der Waals surface area contributed by atoms with E-state index in [1.165, 1.54) is 12.3 Å². The minimum atomic E-state index is -5.68. The molecule has 2 rings (SSSR count). The number of anilines is 1. The van der Waals surface area contributed by atoms with Gasteiger partial charge in [0, 0.05) is 6.20 Å². The molecule has 4 atom stereocenters. The zero-order valence-electron chi connectivity index (χ0n) is 33.8. The second-order valence-corrected chi connectivity index (χ2v) is 18.1. The summed E-state index contributed by atoms with van der Waals surface area (Å²) in [4.78, 5) is 52.3. The van der Waals surface area contributed by atoms with Crippen molar-refractivity contribution in [3.8, 4) is 0 Å². The van der Waals surface area contributed by atoms with Crippen molar-refractivity contribution >= 4 is 21.5 Å². The Balaban J connectivity index is -0.000000294. The number of aliphatic hydroxyl groups is 7. The topological polar surface area (TPSA) is 347 Å². The van der Waals surface area contributed by atoms with Gasteiger partial charge in [0.05, 0.1) is 133 Å². The van der Waals surface area contributed by atoms with Gasteiger partial charge in [-0.3, -0.25) is 4.57 Å². The third-order valence-corrected chi connectivity index (χ3v) is 7.53. The van der Waals surface area contributed by atoms with E-state index >= 15 is 0 Å². The van der Waals surface area contributed by atoms with Crippen LogP contribution in [-0.2, 0) is 18.2 Å². The molecule has 0 aliphatic carbocycles. The van der Waals surface area contributed by atoms with Crippen LogP contribution in [0.5, 0.6) is 0 Å². The molecule has 25 heteroatoms. The second kappa shape index (κ2) is 27.2. The van der Waals surface area contributed by atoms with Crippen molar-refractivity contribution in [2.24, 2.45) is 0 Å². The summed E-state index contributed by atoms with van der Waals surface area (Å²) in [6, 6.07) is 1.37. The predicted molar refractivity (Wildman–Crippen MR) is 192 cm³/mol. The highest BCUT2D eigenvalue weighted by Gasteiger charge is 2.43. The first kappa shape index (κ1) is 59.2. The zero-order chi connectivity index (χ0) is 43.9. The molecule has 2 heterocycles. The Labute approximate surface area is 319 Å². The molecular formula is C29H69N7O16P2. The predicted octanol–water partition coefficient (Wildman–Crippen LogP) is -7.16. The number of nitrogens with zero attached hydrogens (tertiary/aromatic N) is 6. The second-order valence-electron chi connectivity index (χ2n) is 15.7. The van der Waals surface area contributed by atoms with Gasteiger partial charge in [0.25, 0.3) is 0 Å². The van der Waals surface area contributed by atoms with E-state index in [1.807, 2.05) is 0 Å². The molecule has 0 amide bonds. The van der Waals surface area contributed by atoms with E-state index in [4.69, 9.17) is 36.0 Å². The van der Waals surface area contributed by atoms with E-state index in [0.29, 0.717) is 0 Å². The first-order chi connectivity index (χ1) is 24.0. The molecule has 0 unspecified atom stereocenters. The Bertz CT molecular complexity index is 1170. The number of phosphoric acid groups is 2. The van der Waals surface area contributed by atoms with Crippen molar-refractivity contribution in [1.82, 2.24) is 9.55 Å². The molecule has 23 nitrogen and oxygen atoms in total. The Morgan fingerprint density at radius 2 is 1.02 bits per heavy atom. The summed E-state index contributed by atoms with van der Waals surface area (Å²) in [6.07, 6.45) is -3.27. The number of rotatable bonds is 12. The van der Waals surface area contributed by atoms with E-state index in [-0.39, 0.29) is 32.2 Å². The third-order valence-electron chi connectivity index (χ3n) is 5.93. The Morgan fingerprint density at radius 1 is 0.704 bits per heavy atom. The molecule has 0 saturated carbocycles. The molecule has 1 aromatic rings. The van der Waals surface area contributed by atoms with Crippen molar-refractivity contribution in [3.63, 3.8) is 0 Å². The summed E-state index contributed by atoms with van der Waals surface area (Å²) in [5, 5.41) is 61.7. The lowest BCUT2D eigenvalue weighted by atomic mass is 10.1. The van der Waals surface area contributed by atoms with Gasteiger partial charge in [-0.2, -0.15) is 4.98 Å². The van der Waals surface area contributed by atoms with Gasteiger partial charge in [-0.1, -0.05) is 0 Å². The molecule has 9 N–H and O–H groups in total. The molecule has 1 fully saturated rings. The average molecular weight is 834 g/mol. The smallest absolute Gasteiger partial charge is 0.351 e. The Hall–Kier alpha value is -1.54. The van der Waals surface area contributed by atoms with E-state index < -0.39 is 52.5 Å². The molecule has 0 bridgehead atoms. The standard InChI is InChI=1S/C9H13N3O5.4C5H14NO.H4O7P2/c10-5-1-2-12(9(16)11-5)8-7(15)6(14)4(3-13)17-8;4*1-6(2,3)4-5-7;1-8(2,3)7-9(4,5)6/h1-2,4,6-8,13-15H,3H2,(H2,10,11,16);4*7H,4-5H2,1-3H3;(H2,1,2,3)(H2,4,5,6)/q;4*+1;/p-4/t4-,6-,7-,8-;;;;;/m1...../s1. The van der Waals surface area contributed by atoms with Crippen LogP contribution in [0.15, 0.2) is 17.1 Å². The number of hydrogen-bond acceptors (Lipinski definition) is 18. The van der Waals surface area contributed by atoms with Crippen LogP contribution < -0.4 is 31.0 Å². The average Bonchev–Trinajstić information content (AvgIpc) is 3.19. The lowest BCUT2D eigenvalue weighted by Gasteiger charge is -2.39. The first-order valence-corrected chi connectivity index (χ1v) is 19.3. The van der Waals surface area contributed by atoms with Crippen molar-refractivity contribution in [2.75, 3.05) is 150 Å². The number of hydrogen-bond donors (Lipinski definition) is 8. The number of likely N-dealkylation sites (N-methyl/N-ethyl adjacent to an activating group) is 4. The quantitative estimate of drug-likeness (QED) is 0.0716. The molecule has 326 valence electrons. The summed E-state index contributed by atoms with van der Waals surface area (Å²) in [5.41, 5.74) is 4.63. The SMILES string of the molecule is C[N+](C)(C)CCO.C[N+](C)(C)CCO.C[N+](C)(C)CCO.C[N+](C)(C)CCO.Nc1ccn([C@@H]2O[C@H](CO)[C@@H](O)[C@H]2O)c(=O)n1.O=P([O-])([O-])OP(=O)([O-])[O-]. The van der Waals surface area contributed by atoms with Crippen molar-refractivity contribution in [3.05, 3.63) is 22.7 Å². The van der Waals surface area contributed by atoms with E-state index in [1.54, 1.807) is 0 Å². The van der Waals surface area contributed by atoms with E-state index in [0.717, 1.165) is 48.7 Å². The van der Waals surface area contributed by atoms with Crippen LogP contribution in [0.3, 0.4) is 0 Å². The molecule has 0 aromatic carbocycles. The molecular weight excluding hydrogens is 764 g/mol. The van der Waals surface area contributed by atoms with Crippen LogP contribution in [-0.4, -0.2) is 225 Å². The highest BCUT2D eigenvalue weighted by atomic mass is 31.3. The fraction of sp³-hybridized carbons (Fsp3) is 0.862. The number of nitrogens with two attached hydrogens (primary N) is 1. The number of aliphatic hydroxyl groups excluding tert-OH is 7. The summed E-state index contributed by atoms with van der Waals surface area (Å²) in [5.74, 6) is 0.0537. The molecule has 1 saturated heterocycles. The number of nitrogen functional groups attached to an aromatic ring is 1. The highest BCUT2D eigenvalue weighted by molar-refractivity contribution is 7.57. The fourth-order valence-corrected chi connectivity index (χ4v) is 4.03. The van der Waals surface area contributed by atoms with Gasteiger partial charge in [-0.25, -0.2) is 4.79 Å². The number of aromatic nitrogens is 2. The first-order valence-electron chi connectivity index (χ1n) is 16.4. The van der Waals surface area contributed by atoms with Crippen LogP contribution in [0.2, 0.25) is 0 Å². The molecule has 1 aliphatic rings. The van der Waals surface area contributed by atoms with Gasteiger partial charge in [0.15, 0.2) is 6.23 Å². The maximum atomic E-state index is 11.5. The van der Waals surface area contributed by atoms with Crippen LogP contribution in [0.25, 0.3) is 0 Å². The largest absolute Gasteiger partial charge is 0.790 e. The molecule has 0 spiro atoms. The Morgan fingerprint density at radius 3 is 1.19 bits per heavy atom. The van der Waals surface area contributed by atoms with E-state index in [2.05, 4.69) is 93.9 Å². The lowest BCUT2D eigenvalue weighted by Crippen LogP contribution is -2.36. The highest BCUT2D eigenvalue weighted by Crippen LogP contribution is 2.42. The minimum Gasteiger partial charge on any atom is -0.790 e. The van der Waals surface area contributed by atoms with Crippen LogP contribution >= 0.6 is 15.6 Å². The maximum Gasteiger partial charge on any atom is 0.351 e. The van der Waals surface area contributed by atoms with Gasteiger partial charge in [0.1, 0.15) is 50.3 Å². The summed E-state index contributed by atoms with van der Waals surface area (Å²) in [7, 11) is 13.3. The lowest BCUT2D eigenvalue weighted by molar-refractivity contribution is -0.870. The van der Waals surface area contributed by atoms with Gasteiger partial charge >= 0.3 is 5.69 Å². The zero-order valence-corrected chi connectivity index (χ0v) is 35.6. The van der Waals surface area contributed by atoms with Crippen LogP contribution in [0.1, 0.15) is 6.23 Å². The summed E-state index contributed by atoms with van der Waals surface area (Å²) < 4.78 is 30.7. The normalized spacial score (nSPS) is 18.9. The maximum absolute atomic E-state index is 11.5.